The van der Waals surface area contributed by atoms with Gasteiger partial charge < -0.3 is 10.4 Å². The van der Waals surface area contributed by atoms with Crippen molar-refractivity contribution in [1.82, 2.24) is 5.32 Å². The molecule has 0 atom stereocenters. The van der Waals surface area contributed by atoms with E-state index in [2.05, 4.69) is 21.2 Å². The van der Waals surface area contributed by atoms with Crippen LogP contribution >= 0.6 is 15.9 Å². The molecule has 1 aromatic rings. The molecule has 0 saturated carbocycles. The van der Waals surface area contributed by atoms with E-state index in [-0.39, 0.29) is 12.5 Å². The Balaban J connectivity index is 2.69. The Labute approximate surface area is 122 Å². The minimum atomic E-state index is -0.515. The number of aliphatic hydroxyl groups excluding tert-OH is 1. The van der Waals surface area contributed by atoms with Crippen molar-refractivity contribution in [1.29, 1.82) is 0 Å². The molecule has 0 heterocycles. The monoisotopic (exact) mass is 325 g/mol. The highest BCUT2D eigenvalue weighted by Crippen LogP contribution is 2.15. The zero-order chi connectivity index (χ0) is 14.3. The number of carbonyl (C=O) groups is 1. The minimum Gasteiger partial charge on any atom is -0.394 e. The normalized spacial score (nSPS) is 11.8. The molecule has 1 aromatic carbocycles. The Morgan fingerprint density at radius 1 is 1.42 bits per heavy atom. The number of halogens is 1. The fourth-order valence-electron chi connectivity index (χ4n) is 1.78. The molecule has 3 nitrogen and oxygen atoms in total. The lowest BCUT2D eigenvalue weighted by atomic mass is 9.94. The zero-order valence-electron chi connectivity index (χ0n) is 11.3. The van der Waals surface area contributed by atoms with E-state index in [0.717, 1.165) is 10.0 Å². The molecule has 1 rings (SSSR count). The summed E-state index contributed by atoms with van der Waals surface area (Å²) in [5.41, 5.74) is 0.436. The van der Waals surface area contributed by atoms with Crippen molar-refractivity contribution in [3.8, 4) is 0 Å². The van der Waals surface area contributed by atoms with Crippen molar-refractivity contribution in [3.05, 3.63) is 40.4 Å². The standard InChI is InChI=1S/C15H20BrNO2/c1-3-15(4-2,11-18)17-14(19)9-8-12-6-5-7-13(16)10-12/h5-10,18H,3-4,11H2,1-2H3,(H,17,19). The molecule has 0 bridgehead atoms. The number of benzene rings is 1. The molecule has 19 heavy (non-hydrogen) atoms. The summed E-state index contributed by atoms with van der Waals surface area (Å²) in [6, 6.07) is 7.70. The average Bonchev–Trinajstić information content (AvgIpc) is 2.43. The summed E-state index contributed by atoms with van der Waals surface area (Å²) in [6.07, 6.45) is 4.66. The molecule has 0 aliphatic carbocycles. The van der Waals surface area contributed by atoms with Gasteiger partial charge in [0.1, 0.15) is 0 Å². The van der Waals surface area contributed by atoms with Crippen molar-refractivity contribution in [3.63, 3.8) is 0 Å². The van der Waals surface area contributed by atoms with E-state index in [0.29, 0.717) is 12.8 Å². The van der Waals surface area contributed by atoms with Gasteiger partial charge in [-0.05, 0) is 36.6 Å². The molecule has 0 spiro atoms. The molecule has 2 N–H and O–H groups in total. The Hall–Kier alpha value is -1.13. The van der Waals surface area contributed by atoms with Crippen LogP contribution in [0.2, 0.25) is 0 Å². The van der Waals surface area contributed by atoms with Crippen LogP contribution in [-0.4, -0.2) is 23.2 Å². The number of amides is 1. The van der Waals surface area contributed by atoms with Crippen LogP contribution in [0.15, 0.2) is 34.8 Å². The smallest absolute Gasteiger partial charge is 0.244 e. The summed E-state index contributed by atoms with van der Waals surface area (Å²) < 4.78 is 0.974. The molecule has 4 heteroatoms. The van der Waals surface area contributed by atoms with E-state index in [1.54, 1.807) is 6.08 Å². The number of nitrogens with one attached hydrogen (secondary N) is 1. The number of hydrogen-bond acceptors (Lipinski definition) is 2. The molecular weight excluding hydrogens is 306 g/mol. The van der Waals surface area contributed by atoms with Crippen LogP contribution in [0.3, 0.4) is 0 Å². The van der Waals surface area contributed by atoms with Gasteiger partial charge >= 0.3 is 0 Å². The maximum absolute atomic E-state index is 11.9. The summed E-state index contributed by atoms with van der Waals surface area (Å²) >= 11 is 3.38. The lowest BCUT2D eigenvalue weighted by Gasteiger charge is -2.30. The second-order valence-electron chi connectivity index (χ2n) is 4.52. The molecule has 0 aliphatic rings. The Morgan fingerprint density at radius 2 is 2.11 bits per heavy atom. The van der Waals surface area contributed by atoms with Crippen molar-refractivity contribution in [2.45, 2.75) is 32.2 Å². The summed E-state index contributed by atoms with van der Waals surface area (Å²) in [7, 11) is 0. The Kier molecular flexibility index (Phi) is 6.25. The quantitative estimate of drug-likeness (QED) is 0.789. The van der Waals surface area contributed by atoms with Crippen molar-refractivity contribution in [2.75, 3.05) is 6.61 Å². The summed E-state index contributed by atoms with van der Waals surface area (Å²) in [6.45, 7) is 3.87. The second kappa shape index (κ2) is 7.46. The second-order valence-corrected chi connectivity index (χ2v) is 5.44. The average molecular weight is 326 g/mol. The predicted octanol–water partition coefficient (Wildman–Crippen LogP) is 3.13. The predicted molar refractivity (Wildman–Crippen MR) is 81.7 cm³/mol. The van der Waals surface area contributed by atoms with E-state index >= 15 is 0 Å². The van der Waals surface area contributed by atoms with Gasteiger partial charge in [0, 0.05) is 10.5 Å². The molecule has 0 fully saturated rings. The van der Waals surface area contributed by atoms with Crippen molar-refractivity contribution < 1.29 is 9.90 Å². The topological polar surface area (TPSA) is 49.3 Å². The maximum Gasteiger partial charge on any atom is 0.244 e. The highest BCUT2D eigenvalue weighted by atomic mass is 79.9. The third kappa shape index (κ3) is 4.80. The van der Waals surface area contributed by atoms with Gasteiger partial charge in [-0.2, -0.15) is 0 Å². The van der Waals surface area contributed by atoms with Crippen LogP contribution in [0.4, 0.5) is 0 Å². The van der Waals surface area contributed by atoms with Crippen molar-refractivity contribution >= 4 is 27.9 Å². The van der Waals surface area contributed by atoms with Gasteiger partial charge in [-0.3, -0.25) is 4.79 Å². The number of aliphatic hydroxyl groups is 1. The zero-order valence-corrected chi connectivity index (χ0v) is 12.9. The fraction of sp³-hybridized carbons (Fsp3) is 0.400. The molecule has 0 unspecified atom stereocenters. The SMILES string of the molecule is CCC(CC)(CO)NC(=O)C=Cc1cccc(Br)c1. The molecule has 0 aromatic heterocycles. The first kappa shape index (κ1) is 15.9. The molecule has 104 valence electrons. The summed E-state index contributed by atoms with van der Waals surface area (Å²) in [5.74, 6) is -0.183. The lowest BCUT2D eigenvalue weighted by Crippen LogP contribution is -2.49. The van der Waals surface area contributed by atoms with Crippen LogP contribution in [0.5, 0.6) is 0 Å². The molecule has 0 saturated heterocycles. The van der Waals surface area contributed by atoms with Gasteiger partial charge in [-0.15, -0.1) is 0 Å². The highest BCUT2D eigenvalue weighted by Gasteiger charge is 2.26. The van der Waals surface area contributed by atoms with E-state index in [9.17, 15) is 9.90 Å². The number of rotatable bonds is 6. The van der Waals surface area contributed by atoms with Gasteiger partial charge in [0.15, 0.2) is 0 Å². The molecular formula is C15H20BrNO2. The largest absolute Gasteiger partial charge is 0.394 e. The van der Waals surface area contributed by atoms with E-state index in [4.69, 9.17) is 0 Å². The fourth-order valence-corrected chi connectivity index (χ4v) is 2.19. The highest BCUT2D eigenvalue weighted by molar-refractivity contribution is 9.10. The number of carbonyl (C=O) groups excluding carboxylic acids is 1. The van der Waals surface area contributed by atoms with Gasteiger partial charge in [0.25, 0.3) is 0 Å². The molecule has 1 amide bonds. The minimum absolute atomic E-state index is 0.0452. The van der Waals surface area contributed by atoms with Crippen LogP contribution in [0.25, 0.3) is 6.08 Å². The summed E-state index contributed by atoms with van der Waals surface area (Å²) in [4.78, 5) is 11.9. The number of hydrogen-bond donors (Lipinski definition) is 2. The summed E-state index contributed by atoms with van der Waals surface area (Å²) in [5, 5.41) is 12.3. The van der Waals surface area contributed by atoms with Crippen molar-refractivity contribution in [2.24, 2.45) is 0 Å². The third-order valence-electron chi connectivity index (χ3n) is 3.32. The first-order valence-electron chi connectivity index (χ1n) is 6.42. The van der Waals surface area contributed by atoms with Gasteiger partial charge in [0.2, 0.25) is 5.91 Å². The molecule has 0 radical (unpaired) electrons. The van der Waals surface area contributed by atoms with E-state index < -0.39 is 5.54 Å². The van der Waals surface area contributed by atoms with Crippen LogP contribution in [0.1, 0.15) is 32.3 Å². The lowest BCUT2D eigenvalue weighted by molar-refractivity contribution is -0.119. The maximum atomic E-state index is 11.9. The Bertz CT molecular complexity index is 445. The first-order valence-corrected chi connectivity index (χ1v) is 7.21. The van der Waals surface area contributed by atoms with Crippen LogP contribution < -0.4 is 5.32 Å². The van der Waals surface area contributed by atoms with E-state index in [1.807, 2.05) is 38.1 Å². The third-order valence-corrected chi connectivity index (χ3v) is 3.81. The van der Waals surface area contributed by atoms with E-state index in [1.165, 1.54) is 6.08 Å². The van der Waals surface area contributed by atoms with Gasteiger partial charge in [-0.25, -0.2) is 0 Å². The van der Waals surface area contributed by atoms with Crippen LogP contribution in [-0.2, 0) is 4.79 Å². The first-order chi connectivity index (χ1) is 9.05. The van der Waals surface area contributed by atoms with Gasteiger partial charge in [-0.1, -0.05) is 41.9 Å². The van der Waals surface area contributed by atoms with Gasteiger partial charge in [0.05, 0.1) is 12.1 Å². The van der Waals surface area contributed by atoms with Crippen LogP contribution in [0, 0.1) is 0 Å². The Morgan fingerprint density at radius 3 is 2.63 bits per heavy atom. The molecule has 0 aliphatic heterocycles.